The predicted molar refractivity (Wildman–Crippen MR) is 147 cm³/mol. The summed E-state index contributed by atoms with van der Waals surface area (Å²) in [6.45, 7) is 8.28. The van der Waals surface area contributed by atoms with Gasteiger partial charge in [-0.05, 0) is 59.5 Å². The van der Waals surface area contributed by atoms with Crippen LogP contribution in [0.15, 0.2) is 91.4 Å². The maximum absolute atomic E-state index is 13.5. The molecule has 3 N–H and O–H groups in total. The number of halogens is 1. The van der Waals surface area contributed by atoms with Crippen molar-refractivity contribution in [2.24, 2.45) is 5.92 Å². The van der Waals surface area contributed by atoms with Crippen LogP contribution in [0.3, 0.4) is 0 Å². The molecule has 0 saturated heterocycles. The molecule has 0 spiro atoms. The smallest absolute Gasteiger partial charge is 0.135 e. The van der Waals surface area contributed by atoms with E-state index in [1.165, 1.54) is 12.1 Å². The number of nitrogens with zero attached hydrogens (tertiary/aromatic N) is 3. The zero-order valence-electron chi connectivity index (χ0n) is 20.5. The van der Waals surface area contributed by atoms with Crippen molar-refractivity contribution in [3.8, 4) is 33.8 Å². The first-order valence-corrected chi connectivity index (χ1v) is 12.1. The summed E-state index contributed by atoms with van der Waals surface area (Å²) in [4.78, 5) is 12.8. The van der Waals surface area contributed by atoms with E-state index in [2.05, 4.69) is 52.0 Å². The fourth-order valence-corrected chi connectivity index (χ4v) is 4.39. The van der Waals surface area contributed by atoms with Gasteiger partial charge in [0.25, 0.3) is 0 Å². The van der Waals surface area contributed by atoms with Crippen LogP contribution in [-0.4, -0.2) is 25.1 Å². The second-order valence-electron chi connectivity index (χ2n) is 9.39. The molecule has 37 heavy (non-hydrogen) atoms. The van der Waals surface area contributed by atoms with Gasteiger partial charge in [-0.15, -0.1) is 0 Å². The van der Waals surface area contributed by atoms with Gasteiger partial charge in [-0.2, -0.15) is 5.10 Å². The molecule has 0 aliphatic rings. The summed E-state index contributed by atoms with van der Waals surface area (Å²) < 4.78 is 13.5. The normalized spacial score (nSPS) is 11.5. The fourth-order valence-electron chi connectivity index (χ4n) is 4.39. The quantitative estimate of drug-likeness (QED) is 0.226. The van der Waals surface area contributed by atoms with Crippen molar-refractivity contribution in [3.63, 3.8) is 0 Å². The Labute approximate surface area is 213 Å². The van der Waals surface area contributed by atoms with Gasteiger partial charge in [0.2, 0.25) is 0 Å². The van der Waals surface area contributed by atoms with Crippen molar-refractivity contribution in [3.05, 3.63) is 97.2 Å². The van der Waals surface area contributed by atoms with Gasteiger partial charge in [-0.3, -0.25) is 10.1 Å². The SMILES string of the molecule is C=C(Nc1cncc(-c2ccc3[nH]nc(-c4cc5c(-c6ccc(F)cc6)cccc5[nH]4)c3n2)c1)C(C)C. The predicted octanol–water partition coefficient (Wildman–Crippen LogP) is 7.56. The standard InChI is InChI=1S/C30H25FN6/c1-17(2)18(3)33-22-13-20(15-32-16-22)25-11-12-27-29(35-25)30(37-36-27)28-14-24-23(5-4-6-26(24)34-28)19-7-9-21(31)10-8-19/h4-17,33-34H,3H2,1-2H3,(H,36,37). The number of benzene rings is 2. The van der Waals surface area contributed by atoms with Crippen molar-refractivity contribution in [2.75, 3.05) is 5.32 Å². The number of pyridine rings is 2. The highest BCUT2D eigenvalue weighted by atomic mass is 19.1. The molecule has 4 aromatic heterocycles. The highest BCUT2D eigenvalue weighted by Gasteiger charge is 2.16. The number of hydrogen-bond donors (Lipinski definition) is 3. The molecule has 0 saturated carbocycles. The van der Waals surface area contributed by atoms with Crippen LogP contribution in [0.25, 0.3) is 55.7 Å². The molecule has 0 bridgehead atoms. The van der Waals surface area contributed by atoms with Crippen molar-refractivity contribution in [1.82, 2.24) is 25.1 Å². The molecule has 0 amide bonds. The van der Waals surface area contributed by atoms with Gasteiger partial charge in [0.15, 0.2) is 0 Å². The second-order valence-corrected chi connectivity index (χ2v) is 9.39. The minimum Gasteiger partial charge on any atom is -0.358 e. The Morgan fingerprint density at radius 1 is 0.946 bits per heavy atom. The van der Waals surface area contributed by atoms with Gasteiger partial charge in [0, 0.05) is 28.4 Å². The Morgan fingerprint density at radius 3 is 2.59 bits per heavy atom. The topological polar surface area (TPSA) is 82.3 Å². The van der Waals surface area contributed by atoms with Crippen molar-refractivity contribution >= 4 is 27.6 Å². The van der Waals surface area contributed by atoms with Crippen LogP contribution in [0.1, 0.15) is 13.8 Å². The Kier molecular flexibility index (Phi) is 5.53. The van der Waals surface area contributed by atoms with Crippen LogP contribution in [-0.2, 0) is 0 Å². The first-order chi connectivity index (χ1) is 18.0. The highest BCUT2D eigenvalue weighted by Crippen LogP contribution is 2.34. The van der Waals surface area contributed by atoms with E-state index in [1.807, 2.05) is 36.4 Å². The molecule has 6 rings (SSSR count). The van der Waals surface area contributed by atoms with Crippen molar-refractivity contribution in [2.45, 2.75) is 13.8 Å². The summed E-state index contributed by atoms with van der Waals surface area (Å²) in [5.41, 5.74) is 9.61. The van der Waals surface area contributed by atoms with Crippen LogP contribution in [0.4, 0.5) is 10.1 Å². The van der Waals surface area contributed by atoms with Crippen LogP contribution < -0.4 is 5.32 Å². The van der Waals surface area contributed by atoms with Gasteiger partial charge >= 0.3 is 0 Å². The van der Waals surface area contributed by atoms with Gasteiger partial charge in [0.05, 0.1) is 28.8 Å². The van der Waals surface area contributed by atoms with Crippen molar-refractivity contribution in [1.29, 1.82) is 0 Å². The Hall–Kier alpha value is -4.78. The lowest BCUT2D eigenvalue weighted by Gasteiger charge is -2.13. The van der Waals surface area contributed by atoms with E-state index < -0.39 is 0 Å². The van der Waals surface area contributed by atoms with Gasteiger partial charge < -0.3 is 10.3 Å². The molecule has 4 heterocycles. The maximum Gasteiger partial charge on any atom is 0.135 e. The number of aromatic amines is 2. The minimum atomic E-state index is -0.253. The van der Waals surface area contributed by atoms with E-state index in [1.54, 1.807) is 24.5 Å². The number of H-pyrrole nitrogens is 2. The second kappa shape index (κ2) is 9.02. The fraction of sp³-hybridized carbons (Fsp3) is 0.100. The van der Waals surface area contributed by atoms with Crippen LogP contribution in [0.5, 0.6) is 0 Å². The molecular weight excluding hydrogens is 463 g/mol. The van der Waals surface area contributed by atoms with E-state index in [0.29, 0.717) is 5.92 Å². The number of fused-ring (bicyclic) bond motifs is 2. The third-order valence-electron chi connectivity index (χ3n) is 6.52. The lowest BCUT2D eigenvalue weighted by molar-refractivity contribution is 0.628. The molecule has 0 radical (unpaired) electrons. The molecule has 7 heteroatoms. The van der Waals surface area contributed by atoms with E-state index in [9.17, 15) is 4.39 Å². The van der Waals surface area contributed by atoms with Crippen LogP contribution >= 0.6 is 0 Å². The highest BCUT2D eigenvalue weighted by molar-refractivity contribution is 6.00. The lowest BCUT2D eigenvalue weighted by Crippen LogP contribution is -2.04. The number of anilines is 1. The first kappa shape index (κ1) is 22.7. The zero-order valence-corrected chi connectivity index (χ0v) is 20.5. The molecule has 6 aromatic rings. The zero-order chi connectivity index (χ0) is 25.5. The third-order valence-corrected chi connectivity index (χ3v) is 6.52. The monoisotopic (exact) mass is 488 g/mol. The molecule has 182 valence electrons. The van der Waals surface area contributed by atoms with Gasteiger partial charge in [0.1, 0.15) is 17.0 Å². The maximum atomic E-state index is 13.5. The van der Waals surface area contributed by atoms with E-state index >= 15 is 0 Å². The molecule has 2 aromatic carbocycles. The molecule has 0 atom stereocenters. The molecular formula is C30H25FN6. The third kappa shape index (κ3) is 4.25. The summed E-state index contributed by atoms with van der Waals surface area (Å²) >= 11 is 0. The summed E-state index contributed by atoms with van der Waals surface area (Å²) in [6.07, 6.45) is 3.58. The largest absolute Gasteiger partial charge is 0.358 e. The Bertz CT molecular complexity index is 1760. The molecule has 6 nitrogen and oxygen atoms in total. The number of nitrogens with one attached hydrogen (secondary N) is 3. The lowest BCUT2D eigenvalue weighted by atomic mass is 10.0. The summed E-state index contributed by atoms with van der Waals surface area (Å²) in [7, 11) is 0. The summed E-state index contributed by atoms with van der Waals surface area (Å²) in [5, 5.41) is 12.0. The molecule has 0 fully saturated rings. The summed E-state index contributed by atoms with van der Waals surface area (Å²) in [6, 6.07) is 20.6. The van der Waals surface area contributed by atoms with E-state index in [-0.39, 0.29) is 5.82 Å². The Balaban J connectivity index is 1.41. The van der Waals surface area contributed by atoms with E-state index in [4.69, 9.17) is 4.98 Å². The van der Waals surface area contributed by atoms with E-state index in [0.717, 1.165) is 67.1 Å². The minimum absolute atomic E-state index is 0.253. The first-order valence-electron chi connectivity index (χ1n) is 12.1. The number of rotatable bonds is 6. The van der Waals surface area contributed by atoms with Gasteiger partial charge in [-0.25, -0.2) is 9.37 Å². The molecule has 0 aliphatic carbocycles. The molecule has 0 aliphatic heterocycles. The molecule has 0 unspecified atom stereocenters. The van der Waals surface area contributed by atoms with Crippen LogP contribution in [0.2, 0.25) is 0 Å². The number of hydrogen-bond acceptors (Lipinski definition) is 4. The summed E-state index contributed by atoms with van der Waals surface area (Å²) in [5.74, 6) is 0.0587. The number of allylic oxidation sites excluding steroid dienone is 1. The van der Waals surface area contributed by atoms with Crippen LogP contribution in [0, 0.1) is 11.7 Å². The Morgan fingerprint density at radius 2 is 1.78 bits per heavy atom. The number of aromatic nitrogens is 5. The average molecular weight is 489 g/mol. The van der Waals surface area contributed by atoms with Crippen molar-refractivity contribution < 1.29 is 4.39 Å². The van der Waals surface area contributed by atoms with Gasteiger partial charge in [-0.1, -0.05) is 44.7 Å². The average Bonchev–Trinajstić information content (AvgIpc) is 3.53.